The lowest BCUT2D eigenvalue weighted by molar-refractivity contribution is 1.10. The second-order valence-electron chi connectivity index (χ2n) is 4.78. The Morgan fingerprint density at radius 3 is 2.60 bits per heavy atom. The average molecular weight is 306 g/mol. The highest BCUT2D eigenvalue weighted by Gasteiger charge is 2.15. The number of rotatable bonds is 1. The van der Waals surface area contributed by atoms with Gasteiger partial charge in [-0.15, -0.1) is 0 Å². The lowest BCUT2D eigenvalue weighted by atomic mass is 10.1. The fraction of sp³-hybridized carbons (Fsp3) is 0.133. The van der Waals surface area contributed by atoms with Crippen molar-refractivity contribution in [1.82, 2.24) is 9.38 Å². The monoisotopic (exact) mass is 305 g/mol. The summed E-state index contributed by atoms with van der Waals surface area (Å²) >= 11 is 12.2. The van der Waals surface area contributed by atoms with Crippen molar-refractivity contribution in [3.8, 4) is 11.3 Å². The molecule has 0 amide bonds. The maximum atomic E-state index is 6.27. The van der Waals surface area contributed by atoms with Crippen molar-refractivity contribution >= 4 is 34.5 Å². The highest BCUT2D eigenvalue weighted by Crippen LogP contribution is 2.33. The van der Waals surface area contributed by atoms with Gasteiger partial charge in [0, 0.05) is 22.5 Å². The average Bonchev–Trinajstić information content (AvgIpc) is 2.72. The number of aryl methyl sites for hydroxylation is 2. The molecule has 20 heavy (non-hydrogen) atoms. The molecule has 3 aromatic rings. The molecule has 0 unspecified atom stereocenters. The zero-order valence-corrected chi connectivity index (χ0v) is 12.6. The molecule has 0 aliphatic rings. The number of nitrogen functional groups attached to an aromatic ring is 1. The number of aromatic nitrogens is 2. The first-order valence-electron chi connectivity index (χ1n) is 6.18. The van der Waals surface area contributed by atoms with Crippen LogP contribution in [0.2, 0.25) is 10.0 Å². The zero-order chi connectivity index (χ0) is 14.4. The molecular weight excluding hydrogens is 293 g/mol. The summed E-state index contributed by atoms with van der Waals surface area (Å²) in [6.45, 7) is 3.96. The number of pyridine rings is 1. The van der Waals surface area contributed by atoms with Crippen LogP contribution in [-0.2, 0) is 0 Å². The first kappa shape index (κ1) is 13.3. The van der Waals surface area contributed by atoms with Crippen molar-refractivity contribution in [2.45, 2.75) is 13.8 Å². The van der Waals surface area contributed by atoms with Gasteiger partial charge >= 0.3 is 0 Å². The van der Waals surface area contributed by atoms with Gasteiger partial charge in [0.25, 0.3) is 0 Å². The molecule has 0 radical (unpaired) electrons. The summed E-state index contributed by atoms with van der Waals surface area (Å²) < 4.78 is 1.97. The Kier molecular flexibility index (Phi) is 3.11. The van der Waals surface area contributed by atoms with E-state index in [9.17, 15) is 0 Å². The summed E-state index contributed by atoms with van der Waals surface area (Å²) in [6.07, 6.45) is 1.97. The number of nitrogens with two attached hydrogens (primary N) is 1. The highest BCUT2D eigenvalue weighted by molar-refractivity contribution is 6.36. The van der Waals surface area contributed by atoms with E-state index in [1.54, 1.807) is 12.1 Å². The van der Waals surface area contributed by atoms with Crippen molar-refractivity contribution in [3.63, 3.8) is 0 Å². The van der Waals surface area contributed by atoms with Crippen LogP contribution in [0.15, 0.2) is 30.5 Å². The Bertz CT molecular complexity index is 822. The molecule has 0 saturated heterocycles. The fourth-order valence-electron chi connectivity index (χ4n) is 2.28. The van der Waals surface area contributed by atoms with E-state index in [1.807, 2.05) is 36.6 Å². The third-order valence-electron chi connectivity index (χ3n) is 3.48. The van der Waals surface area contributed by atoms with Crippen molar-refractivity contribution in [1.29, 1.82) is 0 Å². The van der Waals surface area contributed by atoms with Gasteiger partial charge in [-0.2, -0.15) is 0 Å². The lowest BCUT2D eigenvalue weighted by Gasteiger charge is -2.03. The molecule has 2 N–H and O–H groups in total. The Morgan fingerprint density at radius 2 is 1.90 bits per heavy atom. The topological polar surface area (TPSA) is 43.3 Å². The fourth-order valence-corrected chi connectivity index (χ4v) is 2.77. The number of nitrogens with zero attached hydrogens (tertiary/aromatic N) is 2. The van der Waals surface area contributed by atoms with E-state index in [-0.39, 0.29) is 0 Å². The third kappa shape index (κ3) is 1.94. The maximum absolute atomic E-state index is 6.27. The van der Waals surface area contributed by atoms with E-state index >= 15 is 0 Å². The molecule has 0 aliphatic heterocycles. The number of benzene rings is 1. The molecule has 0 saturated carbocycles. The van der Waals surface area contributed by atoms with Gasteiger partial charge in [-0.1, -0.05) is 23.2 Å². The van der Waals surface area contributed by atoms with Crippen molar-refractivity contribution in [3.05, 3.63) is 51.8 Å². The van der Waals surface area contributed by atoms with Gasteiger partial charge in [-0.25, -0.2) is 4.98 Å². The van der Waals surface area contributed by atoms with E-state index in [2.05, 4.69) is 4.98 Å². The largest absolute Gasteiger partial charge is 0.395 e. The third-order valence-corrected chi connectivity index (χ3v) is 4.02. The maximum Gasteiger partial charge on any atom is 0.161 e. The molecule has 0 bridgehead atoms. The van der Waals surface area contributed by atoms with E-state index in [0.717, 1.165) is 28.2 Å². The van der Waals surface area contributed by atoms with E-state index in [1.165, 1.54) is 0 Å². The minimum absolute atomic E-state index is 0.583. The standard InChI is InChI=1S/C15H13Cl2N3/c1-8-5-6-20-9(2)14(19-15(20)13(8)18)11-4-3-10(16)7-12(11)17/h3-7H,18H2,1-2H3. The van der Waals surface area contributed by atoms with Crippen LogP contribution in [0.1, 0.15) is 11.3 Å². The molecule has 0 aliphatic carbocycles. The first-order chi connectivity index (χ1) is 9.49. The van der Waals surface area contributed by atoms with E-state index in [4.69, 9.17) is 28.9 Å². The normalized spacial score (nSPS) is 11.2. The van der Waals surface area contributed by atoms with Gasteiger partial charge in [0.15, 0.2) is 5.65 Å². The first-order valence-corrected chi connectivity index (χ1v) is 6.94. The minimum atomic E-state index is 0.583. The van der Waals surface area contributed by atoms with Crippen LogP contribution in [0, 0.1) is 13.8 Å². The van der Waals surface area contributed by atoms with Crippen LogP contribution >= 0.6 is 23.2 Å². The number of anilines is 1. The quantitative estimate of drug-likeness (QED) is 0.719. The molecule has 3 rings (SSSR count). The van der Waals surface area contributed by atoms with Crippen LogP contribution in [0.3, 0.4) is 0 Å². The lowest BCUT2D eigenvalue weighted by Crippen LogP contribution is -1.96. The summed E-state index contributed by atoms with van der Waals surface area (Å²) in [5.41, 5.74) is 11.2. The SMILES string of the molecule is Cc1ccn2c(C)c(-c3ccc(Cl)cc3Cl)nc2c1N. The Balaban J connectivity index is 2.32. The molecule has 102 valence electrons. The summed E-state index contributed by atoms with van der Waals surface area (Å²) in [7, 11) is 0. The van der Waals surface area contributed by atoms with Gasteiger partial charge in [0.1, 0.15) is 0 Å². The Labute approximate surface area is 127 Å². The van der Waals surface area contributed by atoms with Gasteiger partial charge in [-0.05, 0) is 43.7 Å². The number of halogens is 2. The number of hydrogen-bond acceptors (Lipinski definition) is 2. The van der Waals surface area contributed by atoms with Crippen LogP contribution < -0.4 is 5.73 Å². The Morgan fingerprint density at radius 1 is 1.15 bits per heavy atom. The predicted octanol–water partition coefficient (Wildman–Crippen LogP) is 4.51. The number of imidazole rings is 1. The van der Waals surface area contributed by atoms with Gasteiger partial charge in [-0.3, -0.25) is 0 Å². The summed E-state index contributed by atoms with van der Waals surface area (Å²) in [4.78, 5) is 4.64. The summed E-state index contributed by atoms with van der Waals surface area (Å²) in [6, 6.07) is 7.38. The van der Waals surface area contributed by atoms with Crippen LogP contribution in [0.25, 0.3) is 16.9 Å². The predicted molar refractivity (Wildman–Crippen MR) is 84.5 cm³/mol. The van der Waals surface area contributed by atoms with E-state index in [0.29, 0.717) is 15.7 Å². The van der Waals surface area contributed by atoms with Gasteiger partial charge < -0.3 is 10.1 Å². The smallest absolute Gasteiger partial charge is 0.161 e. The number of hydrogen-bond donors (Lipinski definition) is 1. The number of fused-ring (bicyclic) bond motifs is 1. The van der Waals surface area contributed by atoms with Crippen LogP contribution in [-0.4, -0.2) is 9.38 Å². The molecule has 0 spiro atoms. The molecule has 0 fully saturated rings. The Hall–Kier alpha value is -1.71. The van der Waals surface area contributed by atoms with E-state index < -0.39 is 0 Å². The summed E-state index contributed by atoms with van der Waals surface area (Å²) in [5, 5.41) is 1.19. The second kappa shape index (κ2) is 4.69. The van der Waals surface area contributed by atoms with Crippen LogP contribution in [0.4, 0.5) is 5.69 Å². The van der Waals surface area contributed by atoms with Crippen molar-refractivity contribution in [2.75, 3.05) is 5.73 Å². The van der Waals surface area contributed by atoms with Gasteiger partial charge in [0.2, 0.25) is 0 Å². The highest BCUT2D eigenvalue weighted by atomic mass is 35.5. The molecule has 3 nitrogen and oxygen atoms in total. The molecule has 1 aromatic carbocycles. The molecule has 2 heterocycles. The zero-order valence-electron chi connectivity index (χ0n) is 11.1. The molecule has 0 atom stereocenters. The minimum Gasteiger partial charge on any atom is -0.395 e. The molecular formula is C15H13Cl2N3. The van der Waals surface area contributed by atoms with Gasteiger partial charge in [0.05, 0.1) is 16.4 Å². The van der Waals surface area contributed by atoms with Crippen molar-refractivity contribution in [2.24, 2.45) is 0 Å². The summed E-state index contributed by atoms with van der Waals surface area (Å²) in [5.74, 6) is 0. The van der Waals surface area contributed by atoms with Crippen LogP contribution in [0.5, 0.6) is 0 Å². The second-order valence-corrected chi connectivity index (χ2v) is 5.62. The molecule has 2 aromatic heterocycles. The van der Waals surface area contributed by atoms with Crippen molar-refractivity contribution < 1.29 is 0 Å². The molecule has 5 heteroatoms.